The van der Waals surface area contributed by atoms with Gasteiger partial charge in [0.05, 0.1) is 6.26 Å². The van der Waals surface area contributed by atoms with Crippen LogP contribution in [0.5, 0.6) is 0 Å². The van der Waals surface area contributed by atoms with Crippen molar-refractivity contribution in [1.82, 2.24) is 0 Å². The molecule has 5 heteroatoms. The predicted octanol–water partition coefficient (Wildman–Crippen LogP) is -0.357. The predicted molar refractivity (Wildman–Crippen MR) is 35.3 cm³/mol. The third-order valence-corrected chi connectivity index (χ3v) is 1.11. The summed E-state index contributed by atoms with van der Waals surface area (Å²) in [6, 6.07) is 1.19. The standard InChI is InChI=1S/C6H6O5/c7-5(8)3-1-2-11-4(3)6(9)10/h1-2,7-10H. The SMILES string of the molecule is OC(O)=c1ccoc1=C(O)O. The molecule has 1 aromatic heterocycles. The van der Waals surface area contributed by atoms with Crippen LogP contribution in [-0.4, -0.2) is 20.4 Å². The zero-order valence-electron chi connectivity index (χ0n) is 5.35. The number of rotatable bonds is 0. The first-order chi connectivity index (χ1) is 5.13. The Kier molecular flexibility index (Phi) is 1.63. The summed E-state index contributed by atoms with van der Waals surface area (Å²) in [5.41, 5.74) is -0.370. The van der Waals surface area contributed by atoms with Crippen LogP contribution in [0.3, 0.4) is 0 Å². The lowest BCUT2D eigenvalue weighted by atomic mass is 10.4. The lowest BCUT2D eigenvalue weighted by molar-refractivity contribution is 0.275. The van der Waals surface area contributed by atoms with E-state index >= 15 is 0 Å². The fourth-order valence-electron chi connectivity index (χ4n) is 0.659. The molecule has 0 radical (unpaired) electrons. The Labute approximate surface area is 60.8 Å². The van der Waals surface area contributed by atoms with Crippen LogP contribution in [0.2, 0.25) is 0 Å². The summed E-state index contributed by atoms with van der Waals surface area (Å²) in [4.78, 5) is 0. The summed E-state index contributed by atoms with van der Waals surface area (Å²) in [6.07, 6.45) is 1.10. The Hall–Kier alpha value is -1.78. The van der Waals surface area contributed by atoms with Crippen molar-refractivity contribution in [2.45, 2.75) is 0 Å². The van der Waals surface area contributed by atoms with E-state index in [1.165, 1.54) is 6.07 Å². The fourth-order valence-corrected chi connectivity index (χ4v) is 0.659. The van der Waals surface area contributed by atoms with Crippen LogP contribution in [0.15, 0.2) is 16.7 Å². The van der Waals surface area contributed by atoms with Gasteiger partial charge in [-0.2, -0.15) is 0 Å². The van der Waals surface area contributed by atoms with E-state index in [-0.39, 0.29) is 10.6 Å². The van der Waals surface area contributed by atoms with Crippen molar-refractivity contribution in [3.05, 3.63) is 23.0 Å². The Balaban J connectivity index is 3.68. The van der Waals surface area contributed by atoms with Crippen LogP contribution in [0.4, 0.5) is 0 Å². The van der Waals surface area contributed by atoms with Crippen molar-refractivity contribution < 1.29 is 24.8 Å². The van der Waals surface area contributed by atoms with Crippen molar-refractivity contribution in [2.24, 2.45) is 0 Å². The minimum Gasteiger partial charge on any atom is -0.481 e. The lowest BCUT2D eigenvalue weighted by Gasteiger charge is -1.84. The van der Waals surface area contributed by atoms with Crippen LogP contribution in [0, 0.1) is 0 Å². The Morgan fingerprint density at radius 3 is 2.09 bits per heavy atom. The van der Waals surface area contributed by atoms with E-state index in [2.05, 4.69) is 4.42 Å². The third-order valence-electron chi connectivity index (χ3n) is 1.11. The third kappa shape index (κ3) is 1.21. The minimum atomic E-state index is -1.09. The summed E-state index contributed by atoms with van der Waals surface area (Å²) in [7, 11) is 0. The maximum atomic E-state index is 8.52. The van der Waals surface area contributed by atoms with Gasteiger partial charge in [-0.3, -0.25) is 0 Å². The Bertz CT molecular complexity index is 318. The second-order valence-electron chi connectivity index (χ2n) is 1.81. The number of aliphatic hydroxyl groups is 4. The first-order valence-corrected chi connectivity index (χ1v) is 2.71. The highest BCUT2D eigenvalue weighted by molar-refractivity contribution is 5.28. The number of hydrogen-bond acceptors (Lipinski definition) is 5. The Morgan fingerprint density at radius 1 is 1.09 bits per heavy atom. The van der Waals surface area contributed by atoms with Crippen LogP contribution < -0.4 is 10.6 Å². The highest BCUT2D eigenvalue weighted by Crippen LogP contribution is 1.78. The molecule has 0 aliphatic heterocycles. The molecule has 0 spiro atoms. The molecule has 0 aliphatic rings. The summed E-state index contributed by atoms with van der Waals surface area (Å²) < 4.78 is 4.51. The smallest absolute Gasteiger partial charge is 0.320 e. The second kappa shape index (κ2) is 2.45. The van der Waals surface area contributed by atoms with Gasteiger partial charge in [-0.25, -0.2) is 0 Å². The van der Waals surface area contributed by atoms with Gasteiger partial charge in [0.15, 0.2) is 0 Å². The number of hydrogen-bond donors (Lipinski definition) is 4. The van der Waals surface area contributed by atoms with Crippen molar-refractivity contribution >= 4 is 11.9 Å². The first kappa shape index (κ1) is 7.33. The van der Waals surface area contributed by atoms with Gasteiger partial charge < -0.3 is 24.8 Å². The van der Waals surface area contributed by atoms with E-state index < -0.39 is 11.9 Å². The lowest BCUT2D eigenvalue weighted by Crippen LogP contribution is -2.25. The molecule has 0 saturated heterocycles. The molecule has 4 N–H and O–H groups in total. The zero-order chi connectivity index (χ0) is 8.43. The van der Waals surface area contributed by atoms with Gasteiger partial charge >= 0.3 is 5.95 Å². The van der Waals surface area contributed by atoms with Crippen molar-refractivity contribution in [1.29, 1.82) is 0 Å². The molecule has 0 atom stereocenters. The van der Waals surface area contributed by atoms with Crippen molar-refractivity contribution in [3.63, 3.8) is 0 Å². The first-order valence-electron chi connectivity index (χ1n) is 2.71. The Morgan fingerprint density at radius 2 is 1.73 bits per heavy atom. The quantitative estimate of drug-likeness (QED) is 0.413. The molecule has 0 fully saturated rings. The molecular formula is C6H6O5. The molecular weight excluding hydrogens is 152 g/mol. The van der Waals surface area contributed by atoms with Gasteiger partial charge in [0.1, 0.15) is 5.22 Å². The molecule has 60 valence electrons. The van der Waals surface area contributed by atoms with Crippen molar-refractivity contribution in [2.75, 3.05) is 0 Å². The van der Waals surface area contributed by atoms with Crippen LogP contribution in [0.25, 0.3) is 11.9 Å². The molecule has 0 aromatic carbocycles. The van der Waals surface area contributed by atoms with Crippen molar-refractivity contribution in [3.8, 4) is 0 Å². The minimum absolute atomic E-state index is 0.162. The molecule has 1 aromatic rings. The average molecular weight is 158 g/mol. The highest BCUT2D eigenvalue weighted by Gasteiger charge is 2.00. The van der Waals surface area contributed by atoms with E-state index in [4.69, 9.17) is 20.4 Å². The summed E-state index contributed by atoms with van der Waals surface area (Å²) in [5.74, 6) is -2.11. The molecule has 11 heavy (non-hydrogen) atoms. The molecule has 0 saturated carbocycles. The molecule has 0 aliphatic carbocycles. The number of aliphatic hydroxyl groups excluding tert-OH is 2. The van der Waals surface area contributed by atoms with Crippen LogP contribution in [-0.2, 0) is 0 Å². The van der Waals surface area contributed by atoms with Crippen LogP contribution in [0.1, 0.15) is 0 Å². The molecule has 0 amide bonds. The van der Waals surface area contributed by atoms with Gasteiger partial charge in [0.25, 0.3) is 5.95 Å². The normalized spacial score (nSPS) is 9.45. The number of furan rings is 1. The van der Waals surface area contributed by atoms with Gasteiger partial charge in [-0.1, -0.05) is 0 Å². The van der Waals surface area contributed by atoms with Gasteiger partial charge in [0.2, 0.25) is 5.42 Å². The topological polar surface area (TPSA) is 94.1 Å². The summed E-state index contributed by atoms with van der Waals surface area (Å²) in [6.45, 7) is 0. The molecule has 1 rings (SSSR count). The highest BCUT2D eigenvalue weighted by atomic mass is 16.5. The summed E-state index contributed by atoms with van der Waals surface area (Å²) >= 11 is 0. The second-order valence-corrected chi connectivity index (χ2v) is 1.81. The van der Waals surface area contributed by atoms with Gasteiger partial charge in [-0.15, -0.1) is 0 Å². The maximum Gasteiger partial charge on any atom is 0.320 e. The van der Waals surface area contributed by atoms with E-state index in [0.717, 1.165) is 6.26 Å². The summed E-state index contributed by atoms with van der Waals surface area (Å²) in [5, 5.41) is 33.8. The maximum absolute atomic E-state index is 8.52. The van der Waals surface area contributed by atoms with E-state index in [1.807, 2.05) is 0 Å². The van der Waals surface area contributed by atoms with Gasteiger partial charge in [-0.05, 0) is 6.07 Å². The van der Waals surface area contributed by atoms with Crippen LogP contribution >= 0.6 is 0 Å². The largest absolute Gasteiger partial charge is 0.481 e. The molecule has 0 unspecified atom stereocenters. The molecule has 5 nitrogen and oxygen atoms in total. The van der Waals surface area contributed by atoms with E-state index in [0.29, 0.717) is 0 Å². The zero-order valence-corrected chi connectivity index (χ0v) is 5.35. The molecule has 0 bridgehead atoms. The monoisotopic (exact) mass is 158 g/mol. The van der Waals surface area contributed by atoms with E-state index in [9.17, 15) is 0 Å². The van der Waals surface area contributed by atoms with Gasteiger partial charge in [0, 0.05) is 0 Å². The molecule has 1 heterocycles. The fraction of sp³-hybridized carbons (Fsp3) is 0. The average Bonchev–Trinajstić information content (AvgIpc) is 2.32. The van der Waals surface area contributed by atoms with E-state index in [1.54, 1.807) is 0 Å².